The van der Waals surface area contributed by atoms with Crippen LogP contribution in [0.4, 0.5) is 0 Å². The summed E-state index contributed by atoms with van der Waals surface area (Å²) in [5.41, 5.74) is 3.67. The van der Waals surface area contributed by atoms with E-state index in [2.05, 4.69) is 10.3 Å². The van der Waals surface area contributed by atoms with Crippen LogP contribution in [-0.4, -0.2) is 27.7 Å². The molecule has 0 saturated heterocycles. The van der Waals surface area contributed by atoms with Gasteiger partial charge in [-0.15, -0.1) is 11.3 Å². The number of nitrogens with one attached hydrogen (secondary N) is 1. The Kier molecular flexibility index (Phi) is 7.78. The molecule has 3 aromatic rings. The van der Waals surface area contributed by atoms with Crippen molar-refractivity contribution in [3.63, 3.8) is 0 Å². The number of rotatable bonds is 7. The quantitative estimate of drug-likeness (QED) is 0.463. The first-order valence-corrected chi connectivity index (χ1v) is 12.9. The fraction of sp³-hybridized carbons (Fsp3) is 0.393. The normalized spacial score (nSPS) is 15.0. The lowest BCUT2D eigenvalue weighted by atomic mass is 9.94. The third kappa shape index (κ3) is 5.73. The van der Waals surface area contributed by atoms with E-state index in [0.29, 0.717) is 17.1 Å². The summed E-state index contributed by atoms with van der Waals surface area (Å²) in [7, 11) is 0. The number of carbonyl (C=O) groups is 2. The minimum atomic E-state index is -0.723. The first-order valence-electron chi connectivity index (χ1n) is 12.1. The predicted octanol–water partition coefficient (Wildman–Crippen LogP) is 5.90. The fourth-order valence-electron chi connectivity index (χ4n) is 4.67. The van der Waals surface area contributed by atoms with Crippen LogP contribution < -0.4 is 5.32 Å². The number of aromatic nitrogens is 1. The van der Waals surface area contributed by atoms with E-state index in [0.717, 1.165) is 47.4 Å². The molecule has 0 unspecified atom stereocenters. The van der Waals surface area contributed by atoms with Gasteiger partial charge in [-0.05, 0) is 44.7 Å². The monoisotopic (exact) mass is 475 g/mol. The molecule has 0 spiro atoms. The Balaban J connectivity index is 1.74. The summed E-state index contributed by atoms with van der Waals surface area (Å²) in [6, 6.07) is 17.2. The van der Waals surface area contributed by atoms with Crippen molar-refractivity contribution < 1.29 is 9.59 Å². The Hall–Kier alpha value is -2.99. The van der Waals surface area contributed by atoms with Crippen molar-refractivity contribution in [2.24, 2.45) is 0 Å². The minimum Gasteiger partial charge on any atom is -0.351 e. The smallest absolute Gasteiger partial charge is 0.267 e. The van der Waals surface area contributed by atoms with Gasteiger partial charge in [0.25, 0.3) is 5.91 Å². The lowest BCUT2D eigenvalue weighted by molar-refractivity contribution is -0.127. The van der Waals surface area contributed by atoms with Gasteiger partial charge >= 0.3 is 0 Å². The van der Waals surface area contributed by atoms with Crippen molar-refractivity contribution in [2.45, 2.75) is 71.5 Å². The zero-order chi connectivity index (χ0) is 24.1. The first-order chi connectivity index (χ1) is 16.4. The molecular weight excluding hydrogens is 442 g/mol. The number of hydrogen-bond acceptors (Lipinski definition) is 4. The van der Waals surface area contributed by atoms with Crippen molar-refractivity contribution >= 4 is 23.2 Å². The van der Waals surface area contributed by atoms with Gasteiger partial charge in [-0.2, -0.15) is 0 Å². The summed E-state index contributed by atoms with van der Waals surface area (Å²) in [5, 5.41) is 4.12. The number of amides is 2. The van der Waals surface area contributed by atoms with Crippen LogP contribution in [0.15, 0.2) is 54.6 Å². The highest BCUT2D eigenvalue weighted by Crippen LogP contribution is 2.29. The first kappa shape index (κ1) is 24.1. The lowest BCUT2D eigenvalue weighted by Gasteiger charge is -2.33. The fourth-order valence-corrected chi connectivity index (χ4v) is 5.54. The number of thiazole rings is 1. The highest BCUT2D eigenvalue weighted by Gasteiger charge is 2.34. The molecule has 34 heavy (non-hydrogen) atoms. The summed E-state index contributed by atoms with van der Waals surface area (Å²) in [6.45, 7) is 6.15. The summed E-state index contributed by atoms with van der Waals surface area (Å²) in [5.74, 6) is -0.270. The molecule has 1 aliphatic carbocycles. The SMILES string of the molecule is Cc1ccc(CN(C(=O)c2sc(C)nc2C)[C@@H](C(=O)NC2CCCCC2)c2ccccc2)cc1. The maximum Gasteiger partial charge on any atom is 0.267 e. The summed E-state index contributed by atoms with van der Waals surface area (Å²) < 4.78 is 0. The largest absolute Gasteiger partial charge is 0.351 e. The number of aryl methyl sites for hydroxylation is 3. The van der Waals surface area contributed by atoms with E-state index in [1.165, 1.54) is 17.8 Å². The predicted molar refractivity (Wildman–Crippen MR) is 137 cm³/mol. The zero-order valence-electron chi connectivity index (χ0n) is 20.2. The third-order valence-corrected chi connectivity index (χ3v) is 7.52. The van der Waals surface area contributed by atoms with Gasteiger partial charge in [-0.25, -0.2) is 4.98 Å². The van der Waals surface area contributed by atoms with Gasteiger partial charge in [0.2, 0.25) is 5.91 Å². The van der Waals surface area contributed by atoms with Crippen LogP contribution in [0.5, 0.6) is 0 Å². The number of hydrogen-bond donors (Lipinski definition) is 1. The molecule has 0 bridgehead atoms. The van der Waals surface area contributed by atoms with E-state index in [9.17, 15) is 9.59 Å². The summed E-state index contributed by atoms with van der Waals surface area (Å²) in [6.07, 6.45) is 5.47. The van der Waals surface area contributed by atoms with E-state index in [-0.39, 0.29) is 17.9 Å². The maximum absolute atomic E-state index is 14.0. The minimum absolute atomic E-state index is 0.113. The summed E-state index contributed by atoms with van der Waals surface area (Å²) in [4.78, 5) is 34.6. The van der Waals surface area contributed by atoms with E-state index >= 15 is 0 Å². The van der Waals surface area contributed by atoms with Crippen LogP contribution in [0.1, 0.15) is 75.2 Å². The Bertz CT molecular complexity index is 1120. The molecule has 0 radical (unpaired) electrons. The second kappa shape index (κ2) is 11.0. The molecule has 2 amide bonds. The van der Waals surface area contributed by atoms with Crippen molar-refractivity contribution in [2.75, 3.05) is 0 Å². The van der Waals surface area contributed by atoms with Crippen molar-refractivity contribution in [1.82, 2.24) is 15.2 Å². The molecule has 2 aromatic carbocycles. The van der Waals surface area contributed by atoms with Crippen LogP contribution in [0.3, 0.4) is 0 Å². The van der Waals surface area contributed by atoms with Crippen LogP contribution in [0.25, 0.3) is 0 Å². The highest BCUT2D eigenvalue weighted by atomic mass is 32.1. The average Bonchev–Trinajstić information content (AvgIpc) is 3.18. The molecule has 1 fully saturated rings. The highest BCUT2D eigenvalue weighted by molar-refractivity contribution is 7.13. The molecule has 1 N–H and O–H groups in total. The van der Waals surface area contributed by atoms with Gasteiger partial charge in [0.15, 0.2) is 0 Å². The second-order valence-electron chi connectivity index (χ2n) is 9.22. The van der Waals surface area contributed by atoms with Crippen LogP contribution >= 0.6 is 11.3 Å². The molecule has 0 aliphatic heterocycles. The lowest BCUT2D eigenvalue weighted by Crippen LogP contribution is -2.46. The standard InChI is InChI=1S/C28H33N3O2S/c1-19-14-16-22(17-15-19)18-31(28(33)26-20(2)29-21(3)34-26)25(23-10-6-4-7-11-23)27(32)30-24-12-8-5-9-13-24/h4,6-7,10-11,14-17,24-25H,5,8-9,12-13,18H2,1-3H3,(H,30,32)/t25-/m1/s1. The molecule has 1 saturated carbocycles. The Morgan fingerprint density at radius 3 is 2.29 bits per heavy atom. The number of nitrogens with zero attached hydrogens (tertiary/aromatic N) is 2. The number of benzene rings is 2. The number of carbonyl (C=O) groups excluding carboxylic acids is 2. The van der Waals surface area contributed by atoms with Crippen LogP contribution in [0.2, 0.25) is 0 Å². The topological polar surface area (TPSA) is 62.3 Å². The zero-order valence-corrected chi connectivity index (χ0v) is 21.0. The van der Waals surface area contributed by atoms with Gasteiger partial charge in [0.05, 0.1) is 10.7 Å². The molecular formula is C28H33N3O2S. The van der Waals surface area contributed by atoms with E-state index in [1.54, 1.807) is 4.90 Å². The van der Waals surface area contributed by atoms with Gasteiger partial charge in [-0.3, -0.25) is 9.59 Å². The van der Waals surface area contributed by atoms with Crippen LogP contribution in [0, 0.1) is 20.8 Å². The van der Waals surface area contributed by atoms with Gasteiger partial charge < -0.3 is 10.2 Å². The molecule has 1 aromatic heterocycles. The van der Waals surface area contributed by atoms with Gasteiger partial charge in [0, 0.05) is 12.6 Å². The molecule has 6 heteroatoms. The van der Waals surface area contributed by atoms with Gasteiger partial charge in [0.1, 0.15) is 10.9 Å². The average molecular weight is 476 g/mol. The molecule has 5 nitrogen and oxygen atoms in total. The Morgan fingerprint density at radius 1 is 1.00 bits per heavy atom. The Labute approximate surface area is 206 Å². The van der Waals surface area contributed by atoms with Crippen molar-refractivity contribution in [1.29, 1.82) is 0 Å². The van der Waals surface area contributed by atoms with E-state index in [4.69, 9.17) is 0 Å². The molecule has 1 aliphatic rings. The van der Waals surface area contributed by atoms with Gasteiger partial charge in [-0.1, -0.05) is 79.4 Å². The molecule has 4 rings (SSSR count). The Morgan fingerprint density at radius 2 is 1.68 bits per heavy atom. The van der Waals surface area contributed by atoms with Crippen molar-refractivity contribution in [3.05, 3.63) is 86.9 Å². The molecule has 178 valence electrons. The third-order valence-electron chi connectivity index (χ3n) is 6.46. The second-order valence-corrected chi connectivity index (χ2v) is 10.4. The van der Waals surface area contributed by atoms with E-state index < -0.39 is 6.04 Å². The summed E-state index contributed by atoms with van der Waals surface area (Å²) >= 11 is 1.39. The van der Waals surface area contributed by atoms with Crippen LogP contribution in [-0.2, 0) is 11.3 Å². The molecule has 1 heterocycles. The van der Waals surface area contributed by atoms with Crippen molar-refractivity contribution in [3.8, 4) is 0 Å². The van der Waals surface area contributed by atoms with E-state index in [1.807, 2.05) is 75.4 Å². The molecule has 1 atom stereocenters. The maximum atomic E-state index is 14.0.